The molecule has 3 rings (SSSR count). The second-order valence-electron chi connectivity index (χ2n) is 8.11. The first-order valence-electron chi connectivity index (χ1n) is 10.6. The number of carbonyl (C=O) groups is 1. The molecule has 1 amide bonds. The van der Waals surface area contributed by atoms with E-state index in [1.54, 1.807) is 7.05 Å². The second-order valence-corrected chi connectivity index (χ2v) is 8.55. The van der Waals surface area contributed by atoms with Crippen molar-refractivity contribution in [1.82, 2.24) is 15.5 Å². The zero-order chi connectivity index (χ0) is 20.7. The van der Waals surface area contributed by atoms with Gasteiger partial charge in [-0.05, 0) is 49.3 Å². The van der Waals surface area contributed by atoms with Crippen molar-refractivity contribution in [2.24, 2.45) is 10.9 Å². The first-order valence-corrected chi connectivity index (χ1v) is 10.9. The van der Waals surface area contributed by atoms with E-state index < -0.39 is 0 Å². The number of hydrogen-bond donors (Lipinski definition) is 2. The Balaban J connectivity index is 0.00000320. The number of guanidine groups is 1. The third-order valence-corrected chi connectivity index (χ3v) is 6.59. The number of nitrogens with zero attached hydrogens (tertiary/aromatic N) is 2. The van der Waals surface area contributed by atoms with E-state index in [0.717, 1.165) is 69.5 Å². The normalized spacial score (nSPS) is 19.7. The highest BCUT2D eigenvalue weighted by Crippen LogP contribution is 2.35. The van der Waals surface area contributed by atoms with Gasteiger partial charge in [0.25, 0.3) is 0 Å². The molecular weight excluding hydrogens is 515 g/mol. The maximum atomic E-state index is 11.6. The van der Waals surface area contributed by atoms with Crippen LogP contribution in [0.15, 0.2) is 29.3 Å². The van der Waals surface area contributed by atoms with E-state index in [0.29, 0.717) is 12.3 Å². The number of likely N-dealkylation sites (tertiary alicyclic amines) is 1. The molecule has 8 heteroatoms. The summed E-state index contributed by atoms with van der Waals surface area (Å²) >= 11 is 6.29. The number of piperidine rings is 1. The minimum absolute atomic E-state index is 0. The number of rotatable bonds is 5. The van der Waals surface area contributed by atoms with Crippen LogP contribution in [0.4, 0.5) is 0 Å². The highest BCUT2D eigenvalue weighted by molar-refractivity contribution is 14.0. The molecule has 0 bridgehead atoms. The van der Waals surface area contributed by atoms with Gasteiger partial charge in [0.1, 0.15) is 0 Å². The molecule has 0 unspecified atom stereocenters. The molecule has 2 aliphatic heterocycles. The molecule has 1 aromatic rings. The van der Waals surface area contributed by atoms with Crippen molar-refractivity contribution < 1.29 is 9.53 Å². The largest absolute Gasteiger partial charge is 0.381 e. The van der Waals surface area contributed by atoms with E-state index in [-0.39, 0.29) is 35.3 Å². The standard InChI is InChI=1S/C22H33ClN4O2.HI/c1-24-20(28)14-17-6-10-27(11-7-17)21(25-2)26-16-22(8-12-29-13-9-22)18-4-3-5-19(23)15-18;/h3-5,15,17H,6-14,16H2,1-2H3,(H,24,28)(H,25,26);1H. The molecule has 0 spiro atoms. The molecule has 0 aromatic heterocycles. The minimum atomic E-state index is -0.00335. The lowest BCUT2D eigenvalue weighted by Crippen LogP contribution is -2.51. The minimum Gasteiger partial charge on any atom is -0.381 e. The van der Waals surface area contributed by atoms with E-state index in [1.165, 1.54) is 5.56 Å². The molecule has 0 saturated carbocycles. The zero-order valence-electron chi connectivity index (χ0n) is 18.0. The lowest BCUT2D eigenvalue weighted by atomic mass is 9.74. The fourth-order valence-electron chi connectivity index (χ4n) is 4.44. The van der Waals surface area contributed by atoms with Crippen molar-refractivity contribution in [3.63, 3.8) is 0 Å². The van der Waals surface area contributed by atoms with Crippen LogP contribution in [0, 0.1) is 5.92 Å². The van der Waals surface area contributed by atoms with Crippen molar-refractivity contribution in [2.45, 2.75) is 37.5 Å². The smallest absolute Gasteiger partial charge is 0.220 e. The molecule has 1 aromatic carbocycles. The second kappa shape index (κ2) is 12.1. The van der Waals surface area contributed by atoms with Gasteiger partial charge in [0.15, 0.2) is 5.96 Å². The summed E-state index contributed by atoms with van der Waals surface area (Å²) in [6, 6.07) is 8.21. The van der Waals surface area contributed by atoms with E-state index in [2.05, 4.69) is 32.7 Å². The Morgan fingerprint density at radius 2 is 2.00 bits per heavy atom. The van der Waals surface area contributed by atoms with Crippen molar-refractivity contribution >= 4 is 47.4 Å². The lowest BCUT2D eigenvalue weighted by molar-refractivity contribution is -0.121. The van der Waals surface area contributed by atoms with Crippen LogP contribution in [0.1, 0.15) is 37.7 Å². The van der Waals surface area contributed by atoms with Crippen molar-refractivity contribution in [2.75, 3.05) is 46.9 Å². The summed E-state index contributed by atoms with van der Waals surface area (Å²) in [7, 11) is 3.55. The van der Waals surface area contributed by atoms with E-state index in [9.17, 15) is 4.79 Å². The molecule has 0 radical (unpaired) electrons. The molecule has 2 aliphatic rings. The summed E-state index contributed by atoms with van der Waals surface area (Å²) in [6.07, 6.45) is 4.58. The predicted molar refractivity (Wildman–Crippen MR) is 133 cm³/mol. The number of aliphatic imine (C=N–C) groups is 1. The average molecular weight is 549 g/mol. The molecule has 2 fully saturated rings. The molecular formula is C22H34ClIN4O2. The van der Waals surface area contributed by atoms with Crippen molar-refractivity contribution in [3.05, 3.63) is 34.9 Å². The van der Waals surface area contributed by atoms with Gasteiger partial charge in [-0.2, -0.15) is 0 Å². The van der Waals surface area contributed by atoms with Gasteiger partial charge in [0.2, 0.25) is 5.91 Å². The number of ether oxygens (including phenoxy) is 1. The number of amides is 1. The Labute approximate surface area is 202 Å². The molecule has 2 N–H and O–H groups in total. The fraction of sp³-hybridized carbons (Fsp3) is 0.636. The quantitative estimate of drug-likeness (QED) is 0.336. The van der Waals surface area contributed by atoms with E-state index >= 15 is 0 Å². The molecule has 30 heavy (non-hydrogen) atoms. The third kappa shape index (κ3) is 6.47. The van der Waals surface area contributed by atoms with Gasteiger partial charge in [-0.15, -0.1) is 24.0 Å². The Morgan fingerprint density at radius 1 is 1.30 bits per heavy atom. The SMILES string of the molecule is CN=C(NCC1(c2cccc(Cl)c2)CCOCC1)N1CCC(CC(=O)NC)CC1.I. The first-order chi connectivity index (χ1) is 14.1. The van der Waals surface area contributed by atoms with E-state index in [4.69, 9.17) is 16.3 Å². The van der Waals surface area contributed by atoms with Crippen LogP contribution in [0.3, 0.4) is 0 Å². The van der Waals surface area contributed by atoms with Crippen LogP contribution >= 0.6 is 35.6 Å². The van der Waals surface area contributed by atoms with Crippen LogP contribution in [0.2, 0.25) is 5.02 Å². The van der Waals surface area contributed by atoms with Crippen LogP contribution in [-0.2, 0) is 14.9 Å². The Morgan fingerprint density at radius 3 is 2.60 bits per heavy atom. The predicted octanol–water partition coefficient (Wildman–Crippen LogP) is 3.43. The van der Waals surface area contributed by atoms with Gasteiger partial charge >= 0.3 is 0 Å². The molecule has 6 nitrogen and oxygen atoms in total. The highest BCUT2D eigenvalue weighted by atomic mass is 127. The Kier molecular flexibility index (Phi) is 10.2. The molecule has 2 heterocycles. The third-order valence-electron chi connectivity index (χ3n) is 6.35. The number of carbonyl (C=O) groups excluding carboxylic acids is 1. The van der Waals surface area contributed by atoms with Crippen LogP contribution in [0.5, 0.6) is 0 Å². The average Bonchev–Trinajstić information content (AvgIpc) is 2.76. The molecule has 2 saturated heterocycles. The van der Waals surface area contributed by atoms with Gasteiger partial charge in [0, 0.05) is 63.8 Å². The van der Waals surface area contributed by atoms with Gasteiger partial charge < -0.3 is 20.3 Å². The molecule has 0 aliphatic carbocycles. The van der Waals surface area contributed by atoms with E-state index in [1.807, 2.05) is 19.2 Å². The maximum Gasteiger partial charge on any atom is 0.220 e. The van der Waals surface area contributed by atoms with Crippen molar-refractivity contribution in [1.29, 1.82) is 0 Å². The Bertz CT molecular complexity index is 717. The molecule has 168 valence electrons. The monoisotopic (exact) mass is 548 g/mol. The summed E-state index contributed by atoms with van der Waals surface area (Å²) in [6.45, 7) is 4.18. The number of benzene rings is 1. The molecule has 0 atom stereocenters. The summed E-state index contributed by atoms with van der Waals surface area (Å²) in [5, 5.41) is 7.14. The van der Waals surface area contributed by atoms with Gasteiger partial charge in [-0.25, -0.2) is 0 Å². The number of halogens is 2. The van der Waals surface area contributed by atoms with Crippen LogP contribution in [0.25, 0.3) is 0 Å². The summed E-state index contributed by atoms with van der Waals surface area (Å²) in [5.41, 5.74) is 1.26. The zero-order valence-corrected chi connectivity index (χ0v) is 21.0. The lowest BCUT2D eigenvalue weighted by Gasteiger charge is -2.40. The Hall–Kier alpha value is -1.06. The van der Waals surface area contributed by atoms with Gasteiger partial charge in [-0.1, -0.05) is 23.7 Å². The number of nitrogens with one attached hydrogen (secondary N) is 2. The van der Waals surface area contributed by atoms with Crippen molar-refractivity contribution in [3.8, 4) is 0 Å². The highest BCUT2D eigenvalue weighted by Gasteiger charge is 2.35. The maximum absolute atomic E-state index is 11.6. The summed E-state index contributed by atoms with van der Waals surface area (Å²) < 4.78 is 5.64. The number of hydrogen-bond acceptors (Lipinski definition) is 3. The fourth-order valence-corrected chi connectivity index (χ4v) is 4.63. The summed E-state index contributed by atoms with van der Waals surface area (Å²) in [5.74, 6) is 1.53. The van der Waals surface area contributed by atoms with Gasteiger partial charge in [0.05, 0.1) is 0 Å². The van der Waals surface area contributed by atoms with Crippen LogP contribution in [-0.4, -0.2) is 63.7 Å². The van der Waals surface area contributed by atoms with Gasteiger partial charge in [-0.3, -0.25) is 9.79 Å². The summed E-state index contributed by atoms with van der Waals surface area (Å²) in [4.78, 5) is 18.5. The topological polar surface area (TPSA) is 66.0 Å². The first kappa shape index (κ1) is 25.2. The van der Waals surface area contributed by atoms with Crippen LogP contribution < -0.4 is 10.6 Å².